The first kappa shape index (κ1) is 15.4. The summed E-state index contributed by atoms with van der Waals surface area (Å²) in [5, 5.41) is 9.09. The molecule has 1 aliphatic rings. The summed E-state index contributed by atoms with van der Waals surface area (Å²) in [6.07, 6.45) is 1.35. The Morgan fingerprint density at radius 3 is 2.81 bits per heavy atom. The molecule has 1 aliphatic heterocycles. The molecule has 1 aromatic carbocycles. The molecule has 1 N–H and O–H groups in total. The van der Waals surface area contributed by atoms with Crippen molar-refractivity contribution in [1.82, 2.24) is 9.80 Å². The molecule has 6 heteroatoms. The van der Waals surface area contributed by atoms with Gasteiger partial charge in [-0.2, -0.15) is 0 Å². The lowest BCUT2D eigenvalue weighted by Crippen LogP contribution is -2.43. The van der Waals surface area contributed by atoms with Crippen molar-refractivity contribution in [3.8, 4) is 0 Å². The number of hydrogen-bond donors (Lipinski definition) is 1. The van der Waals surface area contributed by atoms with Crippen LogP contribution in [0.15, 0.2) is 24.3 Å². The molecule has 1 fully saturated rings. The van der Waals surface area contributed by atoms with Crippen LogP contribution in [0.2, 0.25) is 0 Å². The predicted molar refractivity (Wildman–Crippen MR) is 75.1 cm³/mol. The Kier molecular flexibility index (Phi) is 4.90. The minimum absolute atomic E-state index is 0.0575. The summed E-state index contributed by atoms with van der Waals surface area (Å²) in [7, 11) is 1.60. The Balaban J connectivity index is 1.94. The zero-order valence-electron chi connectivity index (χ0n) is 12.0. The fourth-order valence-electron chi connectivity index (χ4n) is 2.56. The van der Waals surface area contributed by atoms with Gasteiger partial charge in [0.05, 0.1) is 6.54 Å². The number of carbonyl (C=O) groups is 2. The van der Waals surface area contributed by atoms with Crippen LogP contribution >= 0.6 is 0 Å². The first-order chi connectivity index (χ1) is 9.99. The van der Waals surface area contributed by atoms with Gasteiger partial charge in [0.25, 0.3) is 0 Å². The van der Waals surface area contributed by atoms with Gasteiger partial charge < -0.3 is 10.0 Å². The lowest BCUT2D eigenvalue weighted by molar-refractivity contribution is -0.143. The van der Waals surface area contributed by atoms with Crippen molar-refractivity contribution in [2.24, 2.45) is 0 Å². The molecule has 1 heterocycles. The number of likely N-dealkylation sites (N-methyl/N-ethyl adjacent to an activating group) is 1. The van der Waals surface area contributed by atoms with E-state index < -0.39 is 12.0 Å². The molecule has 0 saturated carbocycles. The molecule has 0 bridgehead atoms. The van der Waals surface area contributed by atoms with Crippen LogP contribution in [0.5, 0.6) is 0 Å². The van der Waals surface area contributed by atoms with Crippen LogP contribution in [0.25, 0.3) is 0 Å². The van der Waals surface area contributed by atoms with Crippen molar-refractivity contribution < 1.29 is 19.1 Å². The van der Waals surface area contributed by atoms with E-state index in [1.54, 1.807) is 30.1 Å². The molecule has 21 heavy (non-hydrogen) atoms. The van der Waals surface area contributed by atoms with Crippen LogP contribution in [0.1, 0.15) is 18.4 Å². The van der Waals surface area contributed by atoms with Crippen LogP contribution in [0.3, 0.4) is 0 Å². The maximum atomic E-state index is 13.6. The van der Waals surface area contributed by atoms with E-state index in [0.29, 0.717) is 18.5 Å². The van der Waals surface area contributed by atoms with Gasteiger partial charge >= 0.3 is 5.97 Å². The lowest BCUT2D eigenvalue weighted by atomic mass is 10.2. The van der Waals surface area contributed by atoms with Gasteiger partial charge in [-0.3, -0.25) is 14.5 Å². The highest BCUT2D eigenvalue weighted by Gasteiger charge is 2.32. The highest BCUT2D eigenvalue weighted by molar-refractivity contribution is 5.80. The van der Waals surface area contributed by atoms with E-state index in [1.807, 2.05) is 0 Å². The number of halogens is 1. The minimum atomic E-state index is -0.892. The molecule has 5 nitrogen and oxygen atoms in total. The molecule has 0 unspecified atom stereocenters. The SMILES string of the molecule is CN(Cc1ccccc1F)C(=O)CN1CCC[C@H]1C(=O)O. The van der Waals surface area contributed by atoms with Gasteiger partial charge in [-0.05, 0) is 25.5 Å². The highest BCUT2D eigenvalue weighted by Crippen LogP contribution is 2.17. The molecule has 1 amide bonds. The number of benzene rings is 1. The topological polar surface area (TPSA) is 60.9 Å². The van der Waals surface area contributed by atoms with Gasteiger partial charge in [-0.1, -0.05) is 18.2 Å². The fourth-order valence-corrected chi connectivity index (χ4v) is 2.56. The fraction of sp³-hybridized carbons (Fsp3) is 0.467. The largest absolute Gasteiger partial charge is 0.480 e. The molecule has 0 spiro atoms. The van der Waals surface area contributed by atoms with Crippen molar-refractivity contribution in [3.63, 3.8) is 0 Å². The molecular weight excluding hydrogens is 275 g/mol. The van der Waals surface area contributed by atoms with Gasteiger partial charge in [0.1, 0.15) is 11.9 Å². The summed E-state index contributed by atoms with van der Waals surface area (Å²) < 4.78 is 13.6. The second kappa shape index (κ2) is 6.67. The van der Waals surface area contributed by atoms with Gasteiger partial charge in [-0.25, -0.2) is 4.39 Å². The van der Waals surface area contributed by atoms with Gasteiger partial charge in [-0.15, -0.1) is 0 Å². The monoisotopic (exact) mass is 294 g/mol. The molecule has 1 saturated heterocycles. The number of carboxylic acids is 1. The number of aliphatic carboxylic acids is 1. The molecule has 114 valence electrons. The Morgan fingerprint density at radius 1 is 1.43 bits per heavy atom. The zero-order chi connectivity index (χ0) is 15.4. The van der Waals surface area contributed by atoms with Crippen LogP contribution in [-0.4, -0.2) is 53.0 Å². The average Bonchev–Trinajstić information content (AvgIpc) is 2.89. The van der Waals surface area contributed by atoms with E-state index in [-0.39, 0.29) is 24.8 Å². The second-order valence-electron chi connectivity index (χ2n) is 5.31. The van der Waals surface area contributed by atoms with Crippen molar-refractivity contribution in [2.45, 2.75) is 25.4 Å². The van der Waals surface area contributed by atoms with Crippen LogP contribution in [0, 0.1) is 5.82 Å². The van der Waals surface area contributed by atoms with Crippen LogP contribution in [0.4, 0.5) is 4.39 Å². The number of rotatable bonds is 5. The van der Waals surface area contributed by atoms with E-state index in [0.717, 1.165) is 6.42 Å². The Hall–Kier alpha value is -1.95. The molecule has 1 aromatic rings. The van der Waals surface area contributed by atoms with Gasteiger partial charge in [0.15, 0.2) is 0 Å². The maximum Gasteiger partial charge on any atom is 0.320 e. The summed E-state index contributed by atoms with van der Waals surface area (Å²) in [6.45, 7) is 0.843. The predicted octanol–water partition coefficient (Wildman–Crippen LogP) is 1.33. The number of likely N-dealkylation sites (tertiary alicyclic amines) is 1. The summed E-state index contributed by atoms with van der Waals surface area (Å²) in [5.74, 6) is -1.44. The Bertz CT molecular complexity index is 535. The van der Waals surface area contributed by atoms with Gasteiger partial charge in [0, 0.05) is 19.2 Å². The van der Waals surface area contributed by atoms with Crippen LogP contribution in [-0.2, 0) is 16.1 Å². The summed E-state index contributed by atoms with van der Waals surface area (Å²) in [4.78, 5) is 26.3. The number of carbonyl (C=O) groups excluding carboxylic acids is 1. The standard InChI is InChI=1S/C15H19FN2O3/c1-17(9-11-5-2-3-6-12(11)16)14(19)10-18-8-4-7-13(18)15(20)21/h2-3,5-6,13H,4,7-10H2,1H3,(H,20,21)/t13-/m0/s1. The lowest BCUT2D eigenvalue weighted by Gasteiger charge is -2.24. The van der Waals surface area contributed by atoms with Crippen molar-refractivity contribution in [2.75, 3.05) is 20.1 Å². The average molecular weight is 294 g/mol. The van der Waals surface area contributed by atoms with Gasteiger partial charge in [0.2, 0.25) is 5.91 Å². The molecule has 1 atom stereocenters. The first-order valence-electron chi connectivity index (χ1n) is 6.93. The van der Waals surface area contributed by atoms with Crippen molar-refractivity contribution >= 4 is 11.9 Å². The maximum absolute atomic E-state index is 13.6. The molecule has 2 rings (SSSR count). The van der Waals surface area contributed by atoms with E-state index in [4.69, 9.17) is 5.11 Å². The second-order valence-corrected chi connectivity index (χ2v) is 5.31. The van der Waals surface area contributed by atoms with Crippen molar-refractivity contribution in [3.05, 3.63) is 35.6 Å². The number of carboxylic acid groups (broad SMARTS) is 1. The van der Waals surface area contributed by atoms with Crippen molar-refractivity contribution in [1.29, 1.82) is 0 Å². The quantitative estimate of drug-likeness (QED) is 0.890. The summed E-state index contributed by atoms with van der Waals surface area (Å²) >= 11 is 0. The number of nitrogens with zero attached hydrogens (tertiary/aromatic N) is 2. The first-order valence-corrected chi connectivity index (χ1v) is 6.93. The third-order valence-electron chi connectivity index (χ3n) is 3.78. The summed E-state index contributed by atoms with van der Waals surface area (Å²) in [5.41, 5.74) is 0.449. The summed E-state index contributed by atoms with van der Waals surface area (Å²) in [6, 6.07) is 5.72. The van der Waals surface area contributed by atoms with Crippen LogP contribution < -0.4 is 0 Å². The molecule has 0 aliphatic carbocycles. The molecule has 0 aromatic heterocycles. The highest BCUT2D eigenvalue weighted by atomic mass is 19.1. The smallest absolute Gasteiger partial charge is 0.320 e. The number of amides is 1. The third-order valence-corrected chi connectivity index (χ3v) is 3.78. The zero-order valence-corrected chi connectivity index (χ0v) is 12.0. The van der Waals surface area contributed by atoms with E-state index in [9.17, 15) is 14.0 Å². The van der Waals surface area contributed by atoms with E-state index >= 15 is 0 Å². The number of hydrogen-bond acceptors (Lipinski definition) is 3. The molecule has 0 radical (unpaired) electrons. The molecular formula is C15H19FN2O3. The minimum Gasteiger partial charge on any atom is -0.480 e. The van der Waals surface area contributed by atoms with E-state index in [1.165, 1.54) is 11.0 Å². The Morgan fingerprint density at radius 2 is 2.14 bits per heavy atom. The Labute approximate surface area is 123 Å². The van der Waals surface area contributed by atoms with E-state index in [2.05, 4.69) is 0 Å². The third kappa shape index (κ3) is 3.78. The normalized spacial score (nSPS) is 18.7.